The van der Waals surface area contributed by atoms with Crippen LogP contribution in [0.25, 0.3) is 0 Å². The average molecular weight is 299 g/mol. The van der Waals surface area contributed by atoms with Crippen molar-refractivity contribution >= 4 is 29.3 Å². The van der Waals surface area contributed by atoms with Gasteiger partial charge in [-0.1, -0.05) is 32.4 Å². The van der Waals surface area contributed by atoms with Crippen molar-refractivity contribution in [3.63, 3.8) is 0 Å². The summed E-state index contributed by atoms with van der Waals surface area (Å²) in [6.45, 7) is 6.74. The van der Waals surface area contributed by atoms with E-state index in [4.69, 9.17) is 16.7 Å². The molecule has 110 valence electrons. The highest BCUT2D eigenvalue weighted by molar-refractivity contribution is 6.31. The number of hydrogen-bond acceptors (Lipinski definition) is 2. The molecule has 0 atom stereocenters. The summed E-state index contributed by atoms with van der Waals surface area (Å²) in [6, 6.07) is 3.79. The molecule has 0 bridgehead atoms. The Balaban J connectivity index is 2.66. The van der Waals surface area contributed by atoms with Gasteiger partial charge in [-0.2, -0.15) is 0 Å². The molecule has 0 unspecified atom stereocenters. The summed E-state index contributed by atoms with van der Waals surface area (Å²) >= 11 is 5.80. The molecule has 2 amide bonds. The molecular weight excluding hydrogens is 280 g/mol. The predicted octanol–water partition coefficient (Wildman–Crippen LogP) is 3.60. The number of hydrogen-bond donors (Lipinski definition) is 3. The number of amides is 2. The number of nitrogens with one attached hydrogen (secondary N) is 2. The number of carbonyl (C=O) groups is 2. The molecule has 1 aromatic carbocycles. The van der Waals surface area contributed by atoms with E-state index < -0.39 is 12.0 Å². The van der Waals surface area contributed by atoms with E-state index in [0.29, 0.717) is 11.6 Å². The van der Waals surface area contributed by atoms with E-state index >= 15 is 0 Å². The SMILES string of the molecule is CC(C)(C)CCNC(=O)Nc1cc(Cl)ccc1C(=O)O. The molecule has 5 nitrogen and oxygen atoms in total. The number of aromatic carboxylic acids is 1. The van der Waals surface area contributed by atoms with Crippen LogP contribution in [0.3, 0.4) is 0 Å². The van der Waals surface area contributed by atoms with E-state index in [2.05, 4.69) is 31.4 Å². The molecule has 0 fully saturated rings. The van der Waals surface area contributed by atoms with Gasteiger partial charge in [0.15, 0.2) is 0 Å². The first-order chi connectivity index (χ1) is 9.19. The smallest absolute Gasteiger partial charge is 0.337 e. The lowest BCUT2D eigenvalue weighted by Gasteiger charge is -2.18. The molecular formula is C14H19ClN2O3. The molecule has 1 rings (SSSR count). The van der Waals surface area contributed by atoms with Gasteiger partial charge in [-0.3, -0.25) is 0 Å². The zero-order chi connectivity index (χ0) is 15.3. The summed E-state index contributed by atoms with van der Waals surface area (Å²) in [4.78, 5) is 22.8. The lowest BCUT2D eigenvalue weighted by molar-refractivity contribution is 0.0698. The Morgan fingerprint density at radius 2 is 1.95 bits per heavy atom. The highest BCUT2D eigenvalue weighted by Gasteiger charge is 2.14. The first kappa shape index (κ1) is 16.3. The zero-order valence-corrected chi connectivity index (χ0v) is 12.5. The van der Waals surface area contributed by atoms with Crippen LogP contribution in [0.1, 0.15) is 37.6 Å². The Morgan fingerprint density at radius 3 is 2.50 bits per heavy atom. The van der Waals surface area contributed by atoms with Crippen molar-refractivity contribution in [3.8, 4) is 0 Å². The molecule has 0 saturated heterocycles. The van der Waals surface area contributed by atoms with Crippen LogP contribution in [0.15, 0.2) is 18.2 Å². The minimum absolute atomic E-state index is 0.000344. The van der Waals surface area contributed by atoms with Crippen LogP contribution in [0.2, 0.25) is 5.02 Å². The standard InChI is InChI=1S/C14H19ClN2O3/c1-14(2,3)6-7-16-13(20)17-11-8-9(15)4-5-10(11)12(18)19/h4-5,8H,6-7H2,1-3H3,(H,18,19)(H2,16,17,20). The summed E-state index contributed by atoms with van der Waals surface area (Å²) < 4.78 is 0. The molecule has 0 aliphatic carbocycles. The van der Waals surface area contributed by atoms with E-state index in [9.17, 15) is 9.59 Å². The maximum absolute atomic E-state index is 11.7. The van der Waals surface area contributed by atoms with E-state index in [1.165, 1.54) is 18.2 Å². The van der Waals surface area contributed by atoms with Crippen molar-refractivity contribution in [2.75, 3.05) is 11.9 Å². The summed E-state index contributed by atoms with van der Waals surface area (Å²) in [6.07, 6.45) is 0.821. The number of carboxylic acid groups (broad SMARTS) is 1. The van der Waals surface area contributed by atoms with E-state index in [0.717, 1.165) is 6.42 Å². The van der Waals surface area contributed by atoms with Crippen LogP contribution in [0.5, 0.6) is 0 Å². The predicted molar refractivity (Wildman–Crippen MR) is 79.5 cm³/mol. The van der Waals surface area contributed by atoms with Gasteiger partial charge < -0.3 is 15.7 Å². The van der Waals surface area contributed by atoms with Gasteiger partial charge in [0.2, 0.25) is 0 Å². The van der Waals surface area contributed by atoms with Gasteiger partial charge in [0, 0.05) is 11.6 Å². The Kier molecular flexibility index (Phi) is 5.39. The van der Waals surface area contributed by atoms with Crippen molar-refractivity contribution in [1.82, 2.24) is 5.32 Å². The molecule has 0 heterocycles. The van der Waals surface area contributed by atoms with Crippen molar-refractivity contribution in [3.05, 3.63) is 28.8 Å². The van der Waals surface area contributed by atoms with Crippen LogP contribution in [0.4, 0.5) is 10.5 Å². The minimum Gasteiger partial charge on any atom is -0.478 e. The van der Waals surface area contributed by atoms with Gasteiger partial charge in [-0.25, -0.2) is 9.59 Å². The second-order valence-corrected chi connectivity index (χ2v) is 6.12. The number of benzene rings is 1. The van der Waals surface area contributed by atoms with Gasteiger partial charge in [0.25, 0.3) is 0 Å². The van der Waals surface area contributed by atoms with Crippen LogP contribution >= 0.6 is 11.6 Å². The van der Waals surface area contributed by atoms with Crippen molar-refractivity contribution < 1.29 is 14.7 Å². The Morgan fingerprint density at radius 1 is 1.30 bits per heavy atom. The molecule has 0 saturated carbocycles. The van der Waals surface area contributed by atoms with Crippen LogP contribution < -0.4 is 10.6 Å². The van der Waals surface area contributed by atoms with Crippen LogP contribution in [0, 0.1) is 5.41 Å². The van der Waals surface area contributed by atoms with E-state index in [1.807, 2.05) is 0 Å². The van der Waals surface area contributed by atoms with Gasteiger partial charge in [-0.05, 0) is 30.0 Å². The highest BCUT2D eigenvalue weighted by atomic mass is 35.5. The van der Waals surface area contributed by atoms with E-state index in [-0.39, 0.29) is 16.7 Å². The molecule has 3 N–H and O–H groups in total. The molecule has 6 heteroatoms. The van der Waals surface area contributed by atoms with Crippen molar-refractivity contribution in [2.24, 2.45) is 5.41 Å². The average Bonchev–Trinajstić information content (AvgIpc) is 2.26. The topological polar surface area (TPSA) is 78.4 Å². The van der Waals surface area contributed by atoms with Gasteiger partial charge in [0.1, 0.15) is 0 Å². The Bertz CT molecular complexity index is 510. The quantitative estimate of drug-likeness (QED) is 0.794. The van der Waals surface area contributed by atoms with Gasteiger partial charge in [-0.15, -0.1) is 0 Å². The number of carboxylic acids is 1. The van der Waals surface area contributed by atoms with E-state index in [1.54, 1.807) is 0 Å². The number of urea groups is 1. The lowest BCUT2D eigenvalue weighted by atomic mass is 9.92. The third kappa shape index (κ3) is 5.48. The molecule has 0 spiro atoms. The zero-order valence-electron chi connectivity index (χ0n) is 11.8. The highest BCUT2D eigenvalue weighted by Crippen LogP contribution is 2.21. The van der Waals surface area contributed by atoms with Gasteiger partial charge >= 0.3 is 12.0 Å². The van der Waals surface area contributed by atoms with Crippen LogP contribution in [-0.4, -0.2) is 23.7 Å². The summed E-state index contributed by atoms with van der Waals surface area (Å²) in [5.74, 6) is -1.12. The molecule has 0 radical (unpaired) electrons. The molecule has 0 aromatic heterocycles. The first-order valence-corrected chi connectivity index (χ1v) is 6.64. The second kappa shape index (κ2) is 6.61. The lowest BCUT2D eigenvalue weighted by Crippen LogP contribution is -2.31. The summed E-state index contributed by atoms with van der Waals surface area (Å²) in [5, 5.41) is 14.6. The third-order valence-corrected chi connectivity index (χ3v) is 2.86. The van der Waals surface area contributed by atoms with Crippen LogP contribution in [-0.2, 0) is 0 Å². The Labute approximate surface area is 123 Å². The molecule has 0 aliphatic rings. The molecule has 0 aliphatic heterocycles. The van der Waals surface area contributed by atoms with Crippen molar-refractivity contribution in [1.29, 1.82) is 0 Å². The first-order valence-electron chi connectivity index (χ1n) is 6.27. The monoisotopic (exact) mass is 298 g/mol. The molecule has 1 aromatic rings. The second-order valence-electron chi connectivity index (χ2n) is 5.69. The maximum Gasteiger partial charge on any atom is 0.337 e. The largest absolute Gasteiger partial charge is 0.478 e. The fourth-order valence-corrected chi connectivity index (χ4v) is 1.70. The number of carbonyl (C=O) groups excluding carboxylic acids is 1. The fraction of sp³-hybridized carbons (Fsp3) is 0.429. The number of halogens is 1. The summed E-state index contributed by atoms with van der Waals surface area (Å²) in [7, 11) is 0. The third-order valence-electron chi connectivity index (χ3n) is 2.62. The minimum atomic E-state index is -1.12. The maximum atomic E-state index is 11.7. The van der Waals surface area contributed by atoms with Gasteiger partial charge in [0.05, 0.1) is 11.3 Å². The molecule has 20 heavy (non-hydrogen) atoms. The normalized spacial score (nSPS) is 11.0. The fourth-order valence-electron chi connectivity index (χ4n) is 1.52. The number of anilines is 1. The Hall–Kier alpha value is -1.75. The van der Waals surface area contributed by atoms with Crippen molar-refractivity contribution in [2.45, 2.75) is 27.2 Å². The summed E-state index contributed by atoms with van der Waals surface area (Å²) in [5.41, 5.74) is 0.300. The number of rotatable bonds is 4.